The highest BCUT2D eigenvalue weighted by Crippen LogP contribution is 2.13. The second-order valence-electron chi connectivity index (χ2n) is 5.71. The summed E-state index contributed by atoms with van der Waals surface area (Å²) in [7, 11) is 0. The van der Waals surface area contributed by atoms with Crippen LogP contribution in [0.5, 0.6) is 0 Å². The van der Waals surface area contributed by atoms with E-state index in [9.17, 15) is 0 Å². The van der Waals surface area contributed by atoms with E-state index in [4.69, 9.17) is 0 Å². The summed E-state index contributed by atoms with van der Waals surface area (Å²) in [6.07, 6.45) is 3.06. The van der Waals surface area contributed by atoms with Crippen LogP contribution in [0.15, 0.2) is 18.3 Å². The molecule has 18 heavy (non-hydrogen) atoms. The van der Waals surface area contributed by atoms with Gasteiger partial charge in [-0.3, -0.25) is 0 Å². The van der Waals surface area contributed by atoms with Gasteiger partial charge in [-0.05, 0) is 51.8 Å². The molecule has 0 aliphatic carbocycles. The molecule has 0 saturated carbocycles. The van der Waals surface area contributed by atoms with Crippen LogP contribution in [0.1, 0.15) is 46.6 Å². The van der Waals surface area contributed by atoms with Crippen LogP contribution in [-0.2, 0) is 6.54 Å². The third-order valence-electron chi connectivity index (χ3n) is 2.83. The molecule has 0 atom stereocenters. The molecule has 0 spiro atoms. The van der Waals surface area contributed by atoms with Crippen molar-refractivity contribution in [2.75, 3.05) is 18.0 Å². The fraction of sp³-hybridized carbons (Fsp3) is 0.667. The predicted octanol–water partition coefficient (Wildman–Crippen LogP) is 3.21. The van der Waals surface area contributed by atoms with E-state index in [0.29, 0.717) is 0 Å². The van der Waals surface area contributed by atoms with Gasteiger partial charge in [-0.25, -0.2) is 4.98 Å². The lowest BCUT2D eigenvalue weighted by Crippen LogP contribution is -2.35. The fourth-order valence-electron chi connectivity index (χ4n) is 1.82. The monoisotopic (exact) mass is 249 g/mol. The van der Waals surface area contributed by atoms with Crippen LogP contribution >= 0.6 is 0 Å². The lowest BCUT2D eigenvalue weighted by atomic mass is 10.1. The van der Waals surface area contributed by atoms with E-state index >= 15 is 0 Å². The van der Waals surface area contributed by atoms with Crippen molar-refractivity contribution in [3.8, 4) is 0 Å². The van der Waals surface area contributed by atoms with E-state index in [1.807, 2.05) is 6.20 Å². The lowest BCUT2D eigenvalue weighted by Gasteiger charge is -2.23. The first-order valence-corrected chi connectivity index (χ1v) is 6.91. The molecule has 0 aliphatic heterocycles. The Kier molecular flexibility index (Phi) is 5.60. The number of hydrogen-bond donors (Lipinski definition) is 1. The molecule has 3 nitrogen and oxygen atoms in total. The average Bonchev–Trinajstić information content (AvgIpc) is 2.33. The minimum Gasteiger partial charge on any atom is -0.357 e. The van der Waals surface area contributed by atoms with Gasteiger partial charge in [-0.1, -0.05) is 6.92 Å². The van der Waals surface area contributed by atoms with Gasteiger partial charge in [0.05, 0.1) is 0 Å². The van der Waals surface area contributed by atoms with Gasteiger partial charge in [-0.2, -0.15) is 0 Å². The molecule has 1 rings (SSSR count). The van der Waals surface area contributed by atoms with Crippen molar-refractivity contribution >= 4 is 5.82 Å². The molecule has 0 aliphatic rings. The Labute approximate surface area is 112 Å². The third kappa shape index (κ3) is 5.05. The second kappa shape index (κ2) is 6.74. The Bertz CT molecular complexity index is 355. The average molecular weight is 249 g/mol. The fourth-order valence-corrected chi connectivity index (χ4v) is 1.82. The maximum absolute atomic E-state index is 4.47. The van der Waals surface area contributed by atoms with Gasteiger partial charge in [0.1, 0.15) is 5.82 Å². The van der Waals surface area contributed by atoms with E-state index in [0.717, 1.165) is 31.9 Å². The van der Waals surface area contributed by atoms with Gasteiger partial charge in [0.25, 0.3) is 0 Å². The van der Waals surface area contributed by atoms with Gasteiger partial charge in [0, 0.05) is 31.4 Å². The first kappa shape index (κ1) is 15.0. The largest absolute Gasteiger partial charge is 0.357 e. The van der Waals surface area contributed by atoms with Crippen molar-refractivity contribution in [2.24, 2.45) is 0 Å². The number of anilines is 1. The molecule has 102 valence electrons. The van der Waals surface area contributed by atoms with Crippen LogP contribution in [-0.4, -0.2) is 23.6 Å². The Morgan fingerprint density at radius 2 is 2.00 bits per heavy atom. The van der Waals surface area contributed by atoms with Gasteiger partial charge in [0.2, 0.25) is 0 Å². The van der Waals surface area contributed by atoms with Crippen LogP contribution in [0.3, 0.4) is 0 Å². The molecule has 1 heterocycles. The molecule has 0 amide bonds. The molecule has 3 heteroatoms. The summed E-state index contributed by atoms with van der Waals surface area (Å²) in [5.41, 5.74) is 1.45. The summed E-state index contributed by atoms with van der Waals surface area (Å²) in [5, 5.41) is 3.51. The van der Waals surface area contributed by atoms with Crippen LogP contribution in [0.4, 0.5) is 5.82 Å². The summed E-state index contributed by atoms with van der Waals surface area (Å²) < 4.78 is 0. The van der Waals surface area contributed by atoms with Gasteiger partial charge < -0.3 is 10.2 Å². The molecule has 0 saturated heterocycles. The zero-order valence-electron chi connectivity index (χ0n) is 12.5. The zero-order valence-corrected chi connectivity index (χ0v) is 12.5. The quantitative estimate of drug-likeness (QED) is 0.839. The molecule has 0 radical (unpaired) electrons. The maximum atomic E-state index is 4.47. The van der Waals surface area contributed by atoms with Crippen molar-refractivity contribution < 1.29 is 0 Å². The molecule has 1 aromatic rings. The van der Waals surface area contributed by atoms with E-state index in [2.05, 4.69) is 62.0 Å². The highest BCUT2D eigenvalue weighted by atomic mass is 15.2. The molecular formula is C15H27N3. The molecular weight excluding hydrogens is 222 g/mol. The van der Waals surface area contributed by atoms with E-state index in [1.165, 1.54) is 5.56 Å². The molecule has 0 aromatic carbocycles. The normalized spacial score (nSPS) is 11.6. The Morgan fingerprint density at radius 1 is 1.28 bits per heavy atom. The molecule has 1 aromatic heterocycles. The Balaban J connectivity index is 2.72. The molecule has 1 N–H and O–H groups in total. The Morgan fingerprint density at radius 3 is 2.56 bits per heavy atom. The standard InChI is InChI=1S/C15H27N3/c1-6-10-18(7-2)14-11-13(8-9-16-14)12-17-15(3,4)5/h8-9,11,17H,6-7,10,12H2,1-5H3. The Hall–Kier alpha value is -1.09. The SMILES string of the molecule is CCCN(CC)c1cc(CNC(C)(C)C)ccn1. The summed E-state index contributed by atoms with van der Waals surface area (Å²) in [6.45, 7) is 13.9. The molecule has 0 bridgehead atoms. The number of nitrogens with zero attached hydrogens (tertiary/aromatic N) is 2. The van der Waals surface area contributed by atoms with Gasteiger partial charge >= 0.3 is 0 Å². The number of pyridine rings is 1. The summed E-state index contributed by atoms with van der Waals surface area (Å²) >= 11 is 0. The maximum Gasteiger partial charge on any atom is 0.128 e. The third-order valence-corrected chi connectivity index (χ3v) is 2.83. The summed E-state index contributed by atoms with van der Waals surface area (Å²) in [4.78, 5) is 6.79. The van der Waals surface area contributed by atoms with Gasteiger partial charge in [-0.15, -0.1) is 0 Å². The summed E-state index contributed by atoms with van der Waals surface area (Å²) in [6, 6.07) is 4.28. The highest BCUT2D eigenvalue weighted by molar-refractivity contribution is 5.40. The minimum absolute atomic E-state index is 0.150. The number of nitrogens with one attached hydrogen (secondary N) is 1. The number of rotatable bonds is 6. The van der Waals surface area contributed by atoms with Gasteiger partial charge in [0.15, 0.2) is 0 Å². The van der Waals surface area contributed by atoms with Crippen molar-refractivity contribution in [1.82, 2.24) is 10.3 Å². The van der Waals surface area contributed by atoms with Crippen molar-refractivity contribution in [3.05, 3.63) is 23.9 Å². The van der Waals surface area contributed by atoms with E-state index < -0.39 is 0 Å². The lowest BCUT2D eigenvalue weighted by molar-refractivity contribution is 0.424. The van der Waals surface area contributed by atoms with E-state index in [1.54, 1.807) is 0 Å². The van der Waals surface area contributed by atoms with Crippen molar-refractivity contribution in [1.29, 1.82) is 0 Å². The topological polar surface area (TPSA) is 28.2 Å². The molecule has 0 unspecified atom stereocenters. The smallest absolute Gasteiger partial charge is 0.128 e. The van der Waals surface area contributed by atoms with Crippen molar-refractivity contribution in [2.45, 2.75) is 53.1 Å². The number of aromatic nitrogens is 1. The second-order valence-corrected chi connectivity index (χ2v) is 5.71. The molecule has 0 fully saturated rings. The highest BCUT2D eigenvalue weighted by Gasteiger charge is 2.10. The first-order valence-electron chi connectivity index (χ1n) is 6.91. The van der Waals surface area contributed by atoms with E-state index in [-0.39, 0.29) is 5.54 Å². The van der Waals surface area contributed by atoms with Crippen LogP contribution in [0.2, 0.25) is 0 Å². The van der Waals surface area contributed by atoms with Crippen LogP contribution < -0.4 is 10.2 Å². The number of hydrogen-bond acceptors (Lipinski definition) is 3. The van der Waals surface area contributed by atoms with Crippen LogP contribution in [0.25, 0.3) is 0 Å². The summed E-state index contributed by atoms with van der Waals surface area (Å²) in [5.74, 6) is 1.09. The van der Waals surface area contributed by atoms with Crippen LogP contribution in [0, 0.1) is 0 Å². The predicted molar refractivity (Wildman–Crippen MR) is 79.0 cm³/mol. The minimum atomic E-state index is 0.150. The van der Waals surface area contributed by atoms with Crippen molar-refractivity contribution in [3.63, 3.8) is 0 Å². The zero-order chi connectivity index (χ0) is 13.6. The first-order chi connectivity index (χ1) is 8.46.